The molecule has 0 spiro atoms. The molecule has 20 heavy (non-hydrogen) atoms. The normalized spacial score (nSPS) is 37.9. The average Bonchev–Trinajstić information content (AvgIpc) is 2.40. The van der Waals surface area contributed by atoms with Crippen molar-refractivity contribution in [2.45, 2.75) is 38.5 Å². The van der Waals surface area contributed by atoms with Crippen LogP contribution in [0.4, 0.5) is 0 Å². The zero-order valence-corrected chi connectivity index (χ0v) is 11.4. The summed E-state index contributed by atoms with van der Waals surface area (Å²) in [5, 5.41) is 0. The second-order valence-corrected chi connectivity index (χ2v) is 6.95. The van der Waals surface area contributed by atoms with Crippen LogP contribution in [0.5, 0.6) is 5.75 Å². The minimum absolute atomic E-state index is 0.133. The highest BCUT2D eigenvalue weighted by molar-refractivity contribution is 5.79. The molecule has 0 aromatic carbocycles. The summed E-state index contributed by atoms with van der Waals surface area (Å²) in [6, 6.07) is 3.25. The molecule has 0 radical (unpaired) electrons. The molecule has 106 valence electrons. The fourth-order valence-corrected chi connectivity index (χ4v) is 5.06. The van der Waals surface area contributed by atoms with Crippen molar-refractivity contribution in [1.82, 2.24) is 4.98 Å². The molecular weight excluding hydrogens is 254 g/mol. The highest BCUT2D eigenvalue weighted by Gasteiger charge is 2.55. The molecule has 4 aliphatic rings. The van der Waals surface area contributed by atoms with Crippen molar-refractivity contribution >= 4 is 5.97 Å². The molecule has 4 bridgehead atoms. The number of aromatic nitrogens is 1. The largest absolute Gasteiger partial charge is 0.420 e. The maximum absolute atomic E-state index is 12.6. The number of hydrogen-bond donors (Lipinski definition) is 1. The zero-order chi connectivity index (χ0) is 13.7. The number of esters is 1. The van der Waals surface area contributed by atoms with Crippen LogP contribution in [0.25, 0.3) is 0 Å². The lowest BCUT2D eigenvalue weighted by Crippen LogP contribution is -2.51. The van der Waals surface area contributed by atoms with E-state index in [0.717, 1.165) is 19.3 Å². The van der Waals surface area contributed by atoms with Crippen LogP contribution in [0.15, 0.2) is 23.1 Å². The van der Waals surface area contributed by atoms with Gasteiger partial charge in [-0.15, -0.1) is 0 Å². The number of nitrogens with one attached hydrogen (secondary N) is 1. The monoisotopic (exact) mass is 273 g/mol. The van der Waals surface area contributed by atoms with Crippen LogP contribution in [0.2, 0.25) is 0 Å². The van der Waals surface area contributed by atoms with Crippen molar-refractivity contribution in [3.8, 4) is 5.75 Å². The number of H-pyrrole nitrogens is 1. The van der Waals surface area contributed by atoms with Crippen molar-refractivity contribution in [2.75, 3.05) is 0 Å². The van der Waals surface area contributed by atoms with Crippen molar-refractivity contribution in [3.05, 3.63) is 28.7 Å². The van der Waals surface area contributed by atoms with Gasteiger partial charge in [-0.05, 0) is 68.4 Å². The molecule has 1 aromatic rings. The number of rotatable bonds is 2. The van der Waals surface area contributed by atoms with Crippen molar-refractivity contribution in [3.63, 3.8) is 0 Å². The minimum Gasteiger partial charge on any atom is -0.420 e. The van der Waals surface area contributed by atoms with Gasteiger partial charge in [0.05, 0.1) is 5.41 Å². The highest BCUT2D eigenvalue weighted by Crippen LogP contribution is 2.60. The van der Waals surface area contributed by atoms with Gasteiger partial charge in [0, 0.05) is 6.20 Å². The first-order valence-corrected chi connectivity index (χ1v) is 7.55. The Morgan fingerprint density at radius 1 is 1.15 bits per heavy atom. The van der Waals surface area contributed by atoms with Gasteiger partial charge in [-0.25, -0.2) is 0 Å². The Morgan fingerprint density at radius 3 is 2.30 bits per heavy atom. The molecule has 1 heterocycles. The first-order chi connectivity index (χ1) is 9.64. The Labute approximate surface area is 117 Å². The predicted molar refractivity (Wildman–Crippen MR) is 73.3 cm³/mol. The molecule has 0 amide bonds. The van der Waals surface area contributed by atoms with Crippen LogP contribution in [-0.4, -0.2) is 11.0 Å². The maximum atomic E-state index is 12.6. The number of aromatic amines is 1. The molecule has 4 fully saturated rings. The number of pyridine rings is 1. The zero-order valence-electron chi connectivity index (χ0n) is 11.4. The topological polar surface area (TPSA) is 59.2 Å². The lowest BCUT2D eigenvalue weighted by molar-refractivity contribution is -0.161. The summed E-state index contributed by atoms with van der Waals surface area (Å²) in [5.41, 5.74) is -0.637. The van der Waals surface area contributed by atoms with E-state index < -0.39 is 0 Å². The van der Waals surface area contributed by atoms with Crippen LogP contribution in [-0.2, 0) is 4.79 Å². The van der Waals surface area contributed by atoms with Crippen molar-refractivity contribution in [1.29, 1.82) is 0 Å². The Bertz CT molecular complexity index is 568. The van der Waals surface area contributed by atoms with Crippen LogP contribution in [0.3, 0.4) is 0 Å². The van der Waals surface area contributed by atoms with Gasteiger partial charge in [0.1, 0.15) is 0 Å². The minimum atomic E-state index is -0.328. The summed E-state index contributed by atoms with van der Waals surface area (Å²) < 4.78 is 5.45. The summed E-state index contributed by atoms with van der Waals surface area (Å²) in [7, 11) is 0. The van der Waals surface area contributed by atoms with Crippen LogP contribution >= 0.6 is 0 Å². The quantitative estimate of drug-likeness (QED) is 0.842. The Hall–Kier alpha value is -1.58. The molecule has 1 N–H and O–H groups in total. The highest BCUT2D eigenvalue weighted by atomic mass is 16.5. The smallest absolute Gasteiger partial charge is 0.317 e. The van der Waals surface area contributed by atoms with Crippen LogP contribution < -0.4 is 10.3 Å². The molecular formula is C16H19NO3. The summed E-state index contributed by atoms with van der Waals surface area (Å²) in [4.78, 5) is 26.8. The Kier molecular flexibility index (Phi) is 2.56. The van der Waals surface area contributed by atoms with E-state index in [1.807, 2.05) is 0 Å². The average molecular weight is 273 g/mol. The lowest BCUT2D eigenvalue weighted by atomic mass is 9.49. The summed E-state index contributed by atoms with van der Waals surface area (Å²) >= 11 is 0. The van der Waals surface area contributed by atoms with E-state index in [0.29, 0.717) is 17.8 Å². The second-order valence-electron chi connectivity index (χ2n) is 6.95. The standard InChI is InChI=1S/C16H19NO3/c18-14-13(2-1-3-17-14)20-15(19)16-7-10-4-11(8-16)6-12(5-10)9-16/h1-3,10-12H,4-9H2,(H,17,18). The Balaban J connectivity index is 1.60. The maximum Gasteiger partial charge on any atom is 0.317 e. The van der Waals surface area contributed by atoms with Gasteiger partial charge < -0.3 is 9.72 Å². The molecule has 4 saturated carbocycles. The first-order valence-electron chi connectivity index (χ1n) is 7.55. The SMILES string of the molecule is O=C(Oc1ccc[nH]c1=O)C12CC3CC(CC(C3)C1)C2. The van der Waals surface area contributed by atoms with Crippen molar-refractivity contribution in [2.24, 2.45) is 23.2 Å². The third-order valence-electron chi connectivity index (χ3n) is 5.46. The van der Waals surface area contributed by atoms with Crippen LogP contribution in [0.1, 0.15) is 38.5 Å². The van der Waals surface area contributed by atoms with E-state index in [2.05, 4.69) is 4.98 Å². The molecule has 4 heteroatoms. The fraction of sp³-hybridized carbons (Fsp3) is 0.625. The van der Waals surface area contributed by atoms with Gasteiger partial charge in [-0.1, -0.05) is 0 Å². The van der Waals surface area contributed by atoms with Gasteiger partial charge in [0.2, 0.25) is 0 Å². The molecule has 1 aromatic heterocycles. The molecule has 4 nitrogen and oxygen atoms in total. The van der Waals surface area contributed by atoms with Gasteiger partial charge in [-0.3, -0.25) is 9.59 Å². The van der Waals surface area contributed by atoms with E-state index in [9.17, 15) is 9.59 Å². The van der Waals surface area contributed by atoms with E-state index >= 15 is 0 Å². The van der Waals surface area contributed by atoms with E-state index in [4.69, 9.17) is 4.74 Å². The number of carbonyl (C=O) groups excluding carboxylic acids is 1. The van der Waals surface area contributed by atoms with Gasteiger partial charge in [0.15, 0.2) is 5.75 Å². The third kappa shape index (κ3) is 1.81. The molecule has 0 aliphatic heterocycles. The van der Waals surface area contributed by atoms with E-state index in [1.54, 1.807) is 18.3 Å². The molecule has 0 atom stereocenters. The molecule has 0 unspecified atom stereocenters. The molecule has 0 saturated heterocycles. The molecule has 5 rings (SSSR count). The third-order valence-corrected chi connectivity index (χ3v) is 5.46. The lowest BCUT2D eigenvalue weighted by Gasteiger charge is -2.55. The van der Waals surface area contributed by atoms with E-state index in [-0.39, 0.29) is 22.7 Å². The van der Waals surface area contributed by atoms with Gasteiger partial charge in [0.25, 0.3) is 5.56 Å². The van der Waals surface area contributed by atoms with Gasteiger partial charge >= 0.3 is 5.97 Å². The Morgan fingerprint density at radius 2 is 1.75 bits per heavy atom. The van der Waals surface area contributed by atoms with E-state index in [1.165, 1.54) is 19.3 Å². The molecule has 4 aliphatic carbocycles. The predicted octanol–water partition coefficient (Wildman–Crippen LogP) is 2.50. The summed E-state index contributed by atoms with van der Waals surface area (Å²) in [5.74, 6) is 2.05. The second kappa shape index (κ2) is 4.21. The number of ether oxygens (including phenoxy) is 1. The summed E-state index contributed by atoms with van der Waals surface area (Å²) in [6.07, 6.45) is 8.30. The number of carbonyl (C=O) groups is 1. The van der Waals surface area contributed by atoms with Crippen molar-refractivity contribution < 1.29 is 9.53 Å². The summed E-state index contributed by atoms with van der Waals surface area (Å²) in [6.45, 7) is 0. The fourth-order valence-electron chi connectivity index (χ4n) is 5.06. The first kappa shape index (κ1) is 12.2. The van der Waals surface area contributed by atoms with Gasteiger partial charge in [-0.2, -0.15) is 0 Å². The number of hydrogen-bond acceptors (Lipinski definition) is 3. The van der Waals surface area contributed by atoms with Crippen LogP contribution in [0, 0.1) is 23.2 Å².